The molecule has 0 radical (unpaired) electrons. The van der Waals surface area contributed by atoms with Gasteiger partial charge in [0.2, 0.25) is 5.95 Å². The van der Waals surface area contributed by atoms with Crippen molar-refractivity contribution in [3.63, 3.8) is 0 Å². The number of aryl methyl sites for hydroxylation is 1. The van der Waals surface area contributed by atoms with E-state index in [0.717, 1.165) is 0 Å². The van der Waals surface area contributed by atoms with Gasteiger partial charge in [0.15, 0.2) is 11.2 Å². The molecule has 0 saturated carbocycles. The van der Waals surface area contributed by atoms with Crippen molar-refractivity contribution in [1.82, 2.24) is 19.5 Å². The molecular formula is C9H14N5O5PS. The van der Waals surface area contributed by atoms with Gasteiger partial charge in [-0.1, -0.05) is 0 Å². The van der Waals surface area contributed by atoms with E-state index in [-0.39, 0.29) is 35.2 Å². The first-order chi connectivity index (χ1) is 9.76. The van der Waals surface area contributed by atoms with Crippen LogP contribution in [0.5, 0.6) is 0 Å². The molecule has 0 amide bonds. The van der Waals surface area contributed by atoms with Crippen molar-refractivity contribution >= 4 is 35.5 Å². The SMILES string of the molecule is Nc1nc2c(ncn2CCS(=O)CCP(=O)(O)O)c(=O)[nH]1. The Kier molecular flexibility index (Phi) is 4.57. The minimum Gasteiger partial charge on any atom is -0.369 e. The summed E-state index contributed by atoms with van der Waals surface area (Å²) >= 11 is 0. The molecule has 2 aromatic heterocycles. The van der Waals surface area contributed by atoms with Crippen LogP contribution in [0.4, 0.5) is 5.95 Å². The summed E-state index contributed by atoms with van der Waals surface area (Å²) in [5, 5.41) is 0. The van der Waals surface area contributed by atoms with Crippen LogP contribution >= 0.6 is 7.60 Å². The molecule has 116 valence electrons. The topological polar surface area (TPSA) is 164 Å². The van der Waals surface area contributed by atoms with Crippen molar-refractivity contribution in [2.45, 2.75) is 6.54 Å². The first-order valence-corrected chi connectivity index (χ1v) is 9.15. The first-order valence-electron chi connectivity index (χ1n) is 5.86. The third kappa shape index (κ3) is 4.21. The van der Waals surface area contributed by atoms with Gasteiger partial charge in [0, 0.05) is 28.9 Å². The molecule has 2 aromatic rings. The third-order valence-electron chi connectivity index (χ3n) is 2.66. The molecule has 2 heterocycles. The number of aromatic amines is 1. The number of hydrogen-bond donors (Lipinski definition) is 4. The van der Waals surface area contributed by atoms with Crippen LogP contribution in [0.1, 0.15) is 0 Å². The molecule has 0 aliphatic rings. The fraction of sp³-hybridized carbons (Fsp3) is 0.444. The summed E-state index contributed by atoms with van der Waals surface area (Å²) in [7, 11) is -5.53. The third-order valence-corrected chi connectivity index (χ3v) is 5.07. The average Bonchev–Trinajstić information content (AvgIpc) is 2.76. The molecule has 2 rings (SSSR count). The van der Waals surface area contributed by atoms with Crippen LogP contribution < -0.4 is 11.3 Å². The highest BCUT2D eigenvalue weighted by Crippen LogP contribution is 2.33. The minimum absolute atomic E-state index is 0.0446. The van der Waals surface area contributed by atoms with Crippen molar-refractivity contribution in [3.8, 4) is 0 Å². The fourth-order valence-corrected chi connectivity index (χ4v) is 4.03. The van der Waals surface area contributed by atoms with Gasteiger partial charge in [-0.3, -0.25) is 18.6 Å². The van der Waals surface area contributed by atoms with Crippen LogP contribution in [0.25, 0.3) is 11.2 Å². The van der Waals surface area contributed by atoms with Crippen molar-refractivity contribution in [2.75, 3.05) is 23.4 Å². The van der Waals surface area contributed by atoms with Gasteiger partial charge in [-0.2, -0.15) is 4.98 Å². The second-order valence-electron chi connectivity index (χ2n) is 4.30. The van der Waals surface area contributed by atoms with Crippen LogP contribution in [0, 0.1) is 0 Å². The maximum atomic E-state index is 11.7. The van der Waals surface area contributed by atoms with E-state index < -0.39 is 30.1 Å². The van der Waals surface area contributed by atoms with E-state index in [1.165, 1.54) is 10.9 Å². The Hall–Kier alpha value is -1.55. The maximum Gasteiger partial charge on any atom is 0.326 e. The second-order valence-corrected chi connectivity index (χ2v) is 7.77. The molecule has 0 fully saturated rings. The Morgan fingerprint density at radius 1 is 1.43 bits per heavy atom. The van der Waals surface area contributed by atoms with E-state index in [9.17, 15) is 13.6 Å². The monoisotopic (exact) mass is 335 g/mol. The highest BCUT2D eigenvalue weighted by atomic mass is 32.2. The summed E-state index contributed by atoms with van der Waals surface area (Å²) in [5.41, 5.74) is 5.40. The summed E-state index contributed by atoms with van der Waals surface area (Å²) in [6, 6.07) is 0. The van der Waals surface area contributed by atoms with Crippen LogP contribution in [-0.2, 0) is 21.9 Å². The molecular weight excluding hydrogens is 321 g/mol. The number of H-pyrrole nitrogens is 1. The number of nitrogen functional groups attached to an aromatic ring is 1. The van der Waals surface area contributed by atoms with E-state index in [2.05, 4.69) is 15.0 Å². The van der Waals surface area contributed by atoms with Gasteiger partial charge in [-0.25, -0.2) is 4.98 Å². The predicted molar refractivity (Wildman–Crippen MR) is 77.3 cm³/mol. The lowest BCUT2D eigenvalue weighted by Crippen LogP contribution is -2.14. The maximum absolute atomic E-state index is 11.7. The summed E-state index contributed by atoms with van der Waals surface area (Å²) in [6.45, 7) is 0.250. The highest BCUT2D eigenvalue weighted by Gasteiger charge is 2.15. The van der Waals surface area contributed by atoms with Crippen molar-refractivity contribution in [3.05, 3.63) is 16.7 Å². The lowest BCUT2D eigenvalue weighted by atomic mass is 10.5. The zero-order valence-electron chi connectivity index (χ0n) is 10.8. The highest BCUT2D eigenvalue weighted by molar-refractivity contribution is 7.85. The number of rotatable bonds is 6. The van der Waals surface area contributed by atoms with Gasteiger partial charge in [-0.15, -0.1) is 0 Å². The van der Waals surface area contributed by atoms with Gasteiger partial charge in [0.05, 0.1) is 12.5 Å². The molecule has 5 N–H and O–H groups in total. The number of nitrogens with zero attached hydrogens (tertiary/aromatic N) is 3. The Balaban J connectivity index is 2.06. The van der Waals surface area contributed by atoms with Crippen LogP contribution in [0.15, 0.2) is 11.1 Å². The molecule has 21 heavy (non-hydrogen) atoms. The Morgan fingerprint density at radius 3 is 2.81 bits per heavy atom. The summed E-state index contributed by atoms with van der Waals surface area (Å²) in [5.74, 6) is 0.0317. The van der Waals surface area contributed by atoms with Crippen LogP contribution in [0.2, 0.25) is 0 Å². The molecule has 0 bridgehead atoms. The molecule has 0 saturated heterocycles. The number of imidazole rings is 1. The van der Waals surface area contributed by atoms with Crippen LogP contribution in [0.3, 0.4) is 0 Å². The zero-order chi connectivity index (χ0) is 15.6. The van der Waals surface area contributed by atoms with E-state index >= 15 is 0 Å². The van der Waals surface area contributed by atoms with Gasteiger partial charge >= 0.3 is 7.60 Å². The number of aromatic nitrogens is 4. The van der Waals surface area contributed by atoms with Crippen molar-refractivity contribution in [1.29, 1.82) is 0 Å². The van der Waals surface area contributed by atoms with Crippen LogP contribution in [-0.4, -0.2) is 51.2 Å². The van der Waals surface area contributed by atoms with Crippen molar-refractivity contribution < 1.29 is 18.6 Å². The number of nitrogens with one attached hydrogen (secondary N) is 1. The summed E-state index contributed by atoms with van der Waals surface area (Å²) < 4.78 is 23.9. The van der Waals surface area contributed by atoms with Gasteiger partial charge in [0.25, 0.3) is 5.56 Å². The van der Waals surface area contributed by atoms with Gasteiger partial charge in [0.1, 0.15) is 0 Å². The lowest BCUT2D eigenvalue weighted by molar-refractivity contribution is 0.375. The smallest absolute Gasteiger partial charge is 0.326 e. The van der Waals surface area contributed by atoms with E-state index in [4.69, 9.17) is 15.5 Å². The lowest BCUT2D eigenvalue weighted by Gasteiger charge is -2.05. The number of anilines is 1. The number of fused-ring (bicyclic) bond motifs is 1. The molecule has 0 aromatic carbocycles. The Labute approximate surface area is 121 Å². The Morgan fingerprint density at radius 2 is 2.14 bits per heavy atom. The first kappa shape index (κ1) is 15.8. The summed E-state index contributed by atoms with van der Waals surface area (Å²) in [6.07, 6.45) is 0.960. The molecule has 10 nitrogen and oxygen atoms in total. The average molecular weight is 335 g/mol. The molecule has 0 aliphatic carbocycles. The zero-order valence-corrected chi connectivity index (χ0v) is 12.5. The minimum atomic E-state index is -4.14. The number of nitrogens with two attached hydrogens (primary N) is 1. The Bertz CT molecular complexity index is 780. The number of hydrogen-bond acceptors (Lipinski definition) is 6. The molecule has 1 atom stereocenters. The standard InChI is InChI=1S/C9H14N5O5PS/c10-9-12-7-6(8(15)13-9)11-5-14(7)1-3-21(19)4-2-20(16,17)18/h5H,1-4H2,(H2,16,17,18)(H3,10,12,13,15). The summed E-state index contributed by atoms with van der Waals surface area (Å²) in [4.78, 5) is 39.2. The molecule has 12 heteroatoms. The largest absolute Gasteiger partial charge is 0.369 e. The fourth-order valence-electron chi connectivity index (χ4n) is 1.66. The van der Waals surface area contributed by atoms with Gasteiger partial charge < -0.3 is 20.1 Å². The molecule has 0 aliphatic heterocycles. The molecule has 1 unspecified atom stereocenters. The van der Waals surface area contributed by atoms with E-state index in [0.29, 0.717) is 0 Å². The van der Waals surface area contributed by atoms with E-state index in [1.807, 2.05) is 0 Å². The van der Waals surface area contributed by atoms with Crippen molar-refractivity contribution in [2.24, 2.45) is 0 Å². The quantitative estimate of drug-likeness (QED) is 0.469. The molecule has 0 spiro atoms. The van der Waals surface area contributed by atoms with E-state index in [1.54, 1.807) is 0 Å². The van der Waals surface area contributed by atoms with Gasteiger partial charge in [-0.05, 0) is 0 Å². The normalized spacial score (nSPS) is 13.6. The second kappa shape index (κ2) is 6.06. The predicted octanol–water partition coefficient (Wildman–Crippen LogP) is -1.37.